The second kappa shape index (κ2) is 9.22. The number of hydrogen-bond acceptors (Lipinski definition) is 7. The fourth-order valence-electron chi connectivity index (χ4n) is 6.68. The van der Waals surface area contributed by atoms with E-state index in [-0.39, 0.29) is 17.2 Å². The summed E-state index contributed by atoms with van der Waals surface area (Å²) in [6, 6.07) is 15.5. The molecule has 0 spiro atoms. The third kappa shape index (κ3) is 4.76. The Balaban J connectivity index is 1.08. The van der Waals surface area contributed by atoms with E-state index in [2.05, 4.69) is 26.9 Å². The van der Waals surface area contributed by atoms with Crippen molar-refractivity contribution < 1.29 is 13.9 Å². The average molecular weight is 491 g/mol. The molecule has 1 amide bonds. The van der Waals surface area contributed by atoms with Gasteiger partial charge in [-0.05, 0) is 92.7 Å². The Labute approximate surface area is 209 Å². The third-order valence-electron chi connectivity index (χ3n) is 7.71. The lowest BCUT2D eigenvalue weighted by Crippen LogP contribution is -2.54. The summed E-state index contributed by atoms with van der Waals surface area (Å²) in [5.74, 6) is 3.87. The van der Waals surface area contributed by atoms with Gasteiger partial charge >= 0.3 is 0 Å². The normalized spacial score (nSPS) is 26.5. The van der Waals surface area contributed by atoms with Gasteiger partial charge in [-0.15, -0.1) is 10.2 Å². The summed E-state index contributed by atoms with van der Waals surface area (Å²) in [5, 5.41) is 15.5. The van der Waals surface area contributed by atoms with Crippen molar-refractivity contribution >= 4 is 29.0 Å². The van der Waals surface area contributed by atoms with Gasteiger partial charge in [-0.25, -0.2) is 0 Å². The molecule has 1 heterocycles. The molecule has 8 heteroatoms. The SMILES string of the molecule is COc1ccc(-c2nnc(SCC(=O)Nc3ccccc3NC34CC5CC(CC(C5)C3)C4)o2)cc1. The van der Waals surface area contributed by atoms with Crippen LogP contribution >= 0.6 is 11.8 Å². The van der Waals surface area contributed by atoms with E-state index in [1.165, 1.54) is 50.3 Å². The number of carbonyl (C=O) groups excluding carboxylic acids is 1. The molecule has 7 nitrogen and oxygen atoms in total. The molecule has 4 saturated carbocycles. The Kier molecular flexibility index (Phi) is 5.92. The second-order valence-corrected chi connectivity index (χ2v) is 11.2. The van der Waals surface area contributed by atoms with E-state index in [1.54, 1.807) is 7.11 Å². The number of amides is 1. The monoisotopic (exact) mass is 490 g/mol. The zero-order chi connectivity index (χ0) is 23.8. The van der Waals surface area contributed by atoms with Crippen LogP contribution in [-0.4, -0.2) is 34.5 Å². The van der Waals surface area contributed by atoms with E-state index >= 15 is 0 Å². The molecule has 0 aliphatic heterocycles. The van der Waals surface area contributed by atoms with Gasteiger partial charge in [0.25, 0.3) is 5.22 Å². The van der Waals surface area contributed by atoms with Gasteiger partial charge in [0.2, 0.25) is 11.8 Å². The standard InChI is InChI=1S/C27H30N4O3S/c1-33-21-8-6-20(7-9-21)25-30-31-26(34-25)35-16-24(32)28-22-4-2-3-5-23(22)29-27-13-17-10-18(14-27)12-19(11-17)15-27/h2-9,17-19,29H,10-16H2,1H3,(H,28,32). The van der Waals surface area contributed by atoms with Crippen molar-refractivity contribution in [2.45, 2.75) is 49.3 Å². The van der Waals surface area contributed by atoms with Crippen LogP contribution in [0, 0.1) is 17.8 Å². The smallest absolute Gasteiger partial charge is 0.277 e. The molecule has 7 rings (SSSR count). The Hall–Kier alpha value is -3.00. The number of nitrogens with one attached hydrogen (secondary N) is 2. The first-order chi connectivity index (χ1) is 17.1. The third-order valence-corrected chi connectivity index (χ3v) is 8.53. The van der Waals surface area contributed by atoms with Gasteiger partial charge in [0.05, 0.1) is 24.2 Å². The lowest BCUT2D eigenvalue weighted by molar-refractivity contribution is -0.113. The highest BCUT2D eigenvalue weighted by Crippen LogP contribution is 2.56. The molecule has 4 fully saturated rings. The van der Waals surface area contributed by atoms with E-state index in [1.807, 2.05) is 42.5 Å². The molecule has 4 bridgehead atoms. The lowest BCUT2D eigenvalue weighted by Gasteiger charge is -2.57. The van der Waals surface area contributed by atoms with Crippen LogP contribution < -0.4 is 15.4 Å². The van der Waals surface area contributed by atoms with Crippen LogP contribution in [0.1, 0.15) is 38.5 Å². The highest BCUT2D eigenvalue weighted by atomic mass is 32.2. The molecule has 2 N–H and O–H groups in total. The predicted molar refractivity (Wildman–Crippen MR) is 137 cm³/mol. The van der Waals surface area contributed by atoms with E-state index in [4.69, 9.17) is 9.15 Å². The number of methoxy groups -OCH3 is 1. The molecule has 0 radical (unpaired) electrons. The molecule has 0 saturated heterocycles. The Morgan fingerprint density at radius 1 is 1.00 bits per heavy atom. The van der Waals surface area contributed by atoms with Crippen LogP contribution in [0.25, 0.3) is 11.5 Å². The van der Waals surface area contributed by atoms with E-state index in [0.29, 0.717) is 11.1 Å². The number of thioether (sulfide) groups is 1. The number of hydrogen-bond donors (Lipinski definition) is 2. The van der Waals surface area contributed by atoms with E-state index < -0.39 is 0 Å². The highest BCUT2D eigenvalue weighted by molar-refractivity contribution is 7.99. The molecule has 2 aromatic carbocycles. The minimum absolute atomic E-state index is 0.0982. The minimum atomic E-state index is -0.0982. The minimum Gasteiger partial charge on any atom is -0.497 e. The Morgan fingerprint density at radius 3 is 2.31 bits per heavy atom. The van der Waals surface area contributed by atoms with Gasteiger partial charge in [-0.1, -0.05) is 23.9 Å². The fraction of sp³-hybridized carbons (Fsp3) is 0.444. The summed E-state index contributed by atoms with van der Waals surface area (Å²) in [5.41, 5.74) is 2.84. The molecule has 1 aromatic heterocycles. The average Bonchev–Trinajstić information content (AvgIpc) is 3.32. The number of carbonyl (C=O) groups is 1. The Bertz CT molecular complexity index is 1170. The number of rotatable bonds is 8. The highest BCUT2D eigenvalue weighted by Gasteiger charge is 2.51. The topological polar surface area (TPSA) is 89.3 Å². The van der Waals surface area contributed by atoms with Crippen LogP contribution in [0.4, 0.5) is 11.4 Å². The van der Waals surface area contributed by atoms with Crippen LogP contribution in [0.15, 0.2) is 58.2 Å². The molecular formula is C27H30N4O3S. The fourth-order valence-corrected chi connectivity index (χ4v) is 7.25. The van der Waals surface area contributed by atoms with Crippen LogP contribution in [-0.2, 0) is 4.79 Å². The van der Waals surface area contributed by atoms with Crippen LogP contribution in [0.5, 0.6) is 5.75 Å². The maximum absolute atomic E-state index is 12.8. The number of benzene rings is 2. The number of aromatic nitrogens is 2. The summed E-state index contributed by atoms with van der Waals surface area (Å²) in [4.78, 5) is 12.8. The zero-order valence-electron chi connectivity index (χ0n) is 19.8. The lowest BCUT2D eigenvalue weighted by atomic mass is 9.53. The van der Waals surface area contributed by atoms with Crippen molar-refractivity contribution in [3.05, 3.63) is 48.5 Å². The Morgan fingerprint density at radius 2 is 1.66 bits per heavy atom. The molecule has 4 aliphatic rings. The second-order valence-electron chi connectivity index (χ2n) is 10.3. The first-order valence-corrected chi connectivity index (χ1v) is 13.3. The number of ether oxygens (including phenoxy) is 1. The van der Waals surface area contributed by atoms with Gasteiger partial charge < -0.3 is 19.8 Å². The summed E-state index contributed by atoms with van der Waals surface area (Å²) >= 11 is 1.23. The first-order valence-electron chi connectivity index (χ1n) is 12.4. The number of anilines is 2. The summed E-state index contributed by atoms with van der Waals surface area (Å²) in [6.07, 6.45) is 7.99. The van der Waals surface area contributed by atoms with Gasteiger partial charge in [-0.3, -0.25) is 4.79 Å². The van der Waals surface area contributed by atoms with Crippen molar-refractivity contribution in [3.63, 3.8) is 0 Å². The molecule has 0 atom stereocenters. The summed E-state index contributed by atoms with van der Waals surface area (Å²) in [7, 11) is 1.62. The molecular weight excluding hydrogens is 460 g/mol. The van der Waals surface area contributed by atoms with E-state index in [9.17, 15) is 4.79 Å². The van der Waals surface area contributed by atoms with Crippen molar-refractivity contribution in [3.8, 4) is 17.2 Å². The predicted octanol–water partition coefficient (Wildman–Crippen LogP) is 5.86. The number of para-hydroxylation sites is 2. The molecule has 182 valence electrons. The van der Waals surface area contributed by atoms with Crippen LogP contribution in [0.2, 0.25) is 0 Å². The van der Waals surface area contributed by atoms with Crippen LogP contribution in [0.3, 0.4) is 0 Å². The van der Waals surface area contributed by atoms with Gasteiger partial charge in [0.1, 0.15) is 5.75 Å². The van der Waals surface area contributed by atoms with E-state index in [0.717, 1.165) is 40.4 Å². The quantitative estimate of drug-likeness (QED) is 0.383. The van der Waals surface area contributed by atoms with Gasteiger partial charge in [-0.2, -0.15) is 0 Å². The maximum Gasteiger partial charge on any atom is 0.277 e. The molecule has 4 aliphatic carbocycles. The van der Waals surface area contributed by atoms with Gasteiger partial charge in [0, 0.05) is 11.1 Å². The first kappa shape index (κ1) is 22.5. The van der Waals surface area contributed by atoms with Crippen molar-refractivity contribution in [2.24, 2.45) is 17.8 Å². The zero-order valence-corrected chi connectivity index (χ0v) is 20.6. The van der Waals surface area contributed by atoms with Gasteiger partial charge in [0.15, 0.2) is 0 Å². The van der Waals surface area contributed by atoms with Crippen molar-refractivity contribution in [1.82, 2.24) is 10.2 Å². The maximum atomic E-state index is 12.8. The molecule has 3 aromatic rings. The number of nitrogens with zero attached hydrogens (tertiary/aromatic N) is 2. The molecule has 0 unspecified atom stereocenters. The largest absolute Gasteiger partial charge is 0.497 e. The summed E-state index contributed by atoms with van der Waals surface area (Å²) in [6.45, 7) is 0. The van der Waals surface area contributed by atoms with Crippen molar-refractivity contribution in [2.75, 3.05) is 23.5 Å². The van der Waals surface area contributed by atoms with Crippen molar-refractivity contribution in [1.29, 1.82) is 0 Å². The molecule has 35 heavy (non-hydrogen) atoms. The summed E-state index contributed by atoms with van der Waals surface area (Å²) < 4.78 is 10.9.